The van der Waals surface area contributed by atoms with Crippen molar-refractivity contribution in [1.82, 2.24) is 9.21 Å². The highest BCUT2D eigenvalue weighted by Gasteiger charge is 2.34. The molecule has 8 nitrogen and oxygen atoms in total. The highest BCUT2D eigenvalue weighted by Crippen LogP contribution is 2.28. The Labute approximate surface area is 202 Å². The molecule has 2 amide bonds. The zero-order chi connectivity index (χ0) is 23.8. The van der Waals surface area contributed by atoms with Gasteiger partial charge in [0.15, 0.2) is 0 Å². The van der Waals surface area contributed by atoms with E-state index in [-0.39, 0.29) is 71.5 Å². The van der Waals surface area contributed by atoms with E-state index in [4.69, 9.17) is 23.2 Å². The van der Waals surface area contributed by atoms with Gasteiger partial charge in [0.2, 0.25) is 15.9 Å². The van der Waals surface area contributed by atoms with Crippen LogP contribution in [-0.4, -0.2) is 61.3 Å². The molecule has 2 aliphatic heterocycles. The van der Waals surface area contributed by atoms with E-state index in [1.165, 1.54) is 27.5 Å². The van der Waals surface area contributed by atoms with Crippen molar-refractivity contribution < 1.29 is 18.0 Å². The third kappa shape index (κ3) is 4.91. The van der Waals surface area contributed by atoms with Gasteiger partial charge in [-0.05, 0) is 42.8 Å². The van der Waals surface area contributed by atoms with Crippen molar-refractivity contribution in [3.63, 3.8) is 0 Å². The minimum absolute atomic E-state index is 0.0552. The molecule has 0 unspecified atom stereocenters. The summed E-state index contributed by atoms with van der Waals surface area (Å²) in [5.74, 6) is -0.468. The zero-order valence-corrected chi connectivity index (χ0v) is 20.2. The molecule has 0 saturated carbocycles. The van der Waals surface area contributed by atoms with Crippen LogP contribution in [0, 0.1) is 6.92 Å². The van der Waals surface area contributed by atoms with Crippen LogP contribution in [0.2, 0.25) is 10.0 Å². The number of rotatable bonds is 4. The lowest BCUT2D eigenvalue weighted by molar-refractivity contribution is -0.125. The lowest BCUT2D eigenvalue weighted by atomic mass is 10.1. The molecule has 0 radical (unpaired) electrons. The molecule has 4 rings (SSSR count). The largest absolute Gasteiger partial charge is 0.335 e. The van der Waals surface area contributed by atoms with Crippen molar-refractivity contribution in [2.75, 3.05) is 31.2 Å². The van der Waals surface area contributed by atoms with Gasteiger partial charge in [0.25, 0.3) is 5.91 Å². The van der Waals surface area contributed by atoms with E-state index in [1.54, 1.807) is 11.0 Å². The first-order valence-corrected chi connectivity index (χ1v) is 12.6. The van der Waals surface area contributed by atoms with E-state index in [1.807, 2.05) is 25.1 Å². The maximum atomic E-state index is 13.1. The summed E-state index contributed by atoms with van der Waals surface area (Å²) in [4.78, 5) is 27.0. The minimum Gasteiger partial charge on any atom is -0.335 e. The van der Waals surface area contributed by atoms with Crippen molar-refractivity contribution in [2.45, 2.75) is 24.7 Å². The van der Waals surface area contributed by atoms with E-state index < -0.39 is 10.0 Å². The van der Waals surface area contributed by atoms with E-state index in [2.05, 4.69) is 5.10 Å². The molecule has 0 N–H and O–H groups in total. The van der Waals surface area contributed by atoms with Gasteiger partial charge in [0.05, 0.1) is 10.7 Å². The predicted molar refractivity (Wildman–Crippen MR) is 127 cm³/mol. The van der Waals surface area contributed by atoms with Crippen molar-refractivity contribution >= 4 is 56.4 Å². The van der Waals surface area contributed by atoms with Gasteiger partial charge in [-0.2, -0.15) is 9.41 Å². The fourth-order valence-corrected chi connectivity index (χ4v) is 5.96. The maximum Gasteiger partial charge on any atom is 0.270 e. The van der Waals surface area contributed by atoms with Crippen LogP contribution in [0.1, 0.15) is 18.4 Å². The summed E-state index contributed by atoms with van der Waals surface area (Å²) in [5, 5.41) is 5.97. The molecule has 0 aliphatic carbocycles. The summed E-state index contributed by atoms with van der Waals surface area (Å²) in [7, 11) is -3.85. The molecule has 11 heteroatoms. The highest BCUT2D eigenvalue weighted by atomic mass is 35.5. The number of hydrogen-bond acceptors (Lipinski definition) is 5. The third-order valence-electron chi connectivity index (χ3n) is 5.56. The standard InChI is InChI=1S/C22H22Cl2N4O4S/c1-15-3-2-4-17(13-15)28-21(29)8-7-19(25-28)22(30)26-9-11-27(12-10-26)33(31,32)20-14-16(23)5-6-18(20)24/h2-6,13-14H,7-12H2,1H3. The fourth-order valence-electron chi connectivity index (χ4n) is 3.80. The molecule has 1 saturated heterocycles. The monoisotopic (exact) mass is 508 g/mol. The second-order valence-electron chi connectivity index (χ2n) is 7.86. The van der Waals surface area contributed by atoms with Gasteiger partial charge < -0.3 is 4.90 Å². The van der Waals surface area contributed by atoms with Gasteiger partial charge in [-0.25, -0.2) is 13.4 Å². The number of halogens is 2. The summed E-state index contributed by atoms with van der Waals surface area (Å²) >= 11 is 12.0. The van der Waals surface area contributed by atoms with E-state index in [0.29, 0.717) is 5.69 Å². The first-order chi connectivity index (χ1) is 15.7. The van der Waals surface area contributed by atoms with Gasteiger partial charge in [0, 0.05) is 44.0 Å². The number of piperazine rings is 1. The number of amides is 2. The lowest BCUT2D eigenvalue weighted by Gasteiger charge is -2.35. The van der Waals surface area contributed by atoms with Gasteiger partial charge in [0.1, 0.15) is 10.6 Å². The molecular formula is C22H22Cl2N4O4S. The van der Waals surface area contributed by atoms with Crippen LogP contribution in [-0.2, 0) is 19.6 Å². The Bertz CT molecular complexity index is 1240. The molecule has 2 heterocycles. The van der Waals surface area contributed by atoms with Crippen LogP contribution < -0.4 is 5.01 Å². The average Bonchev–Trinajstić information content (AvgIpc) is 2.80. The molecule has 0 aromatic heterocycles. The number of sulfonamides is 1. The summed E-state index contributed by atoms with van der Waals surface area (Å²) < 4.78 is 27.3. The Balaban J connectivity index is 1.47. The number of hydrogen-bond donors (Lipinski definition) is 0. The van der Waals surface area contributed by atoms with Crippen LogP contribution >= 0.6 is 23.2 Å². The fraction of sp³-hybridized carbons (Fsp3) is 0.318. The van der Waals surface area contributed by atoms with Crippen LogP contribution in [0.4, 0.5) is 5.69 Å². The van der Waals surface area contributed by atoms with Crippen molar-refractivity contribution in [3.8, 4) is 0 Å². The van der Waals surface area contributed by atoms with Gasteiger partial charge in [-0.3, -0.25) is 9.59 Å². The maximum absolute atomic E-state index is 13.1. The van der Waals surface area contributed by atoms with Gasteiger partial charge in [-0.1, -0.05) is 35.3 Å². The van der Waals surface area contributed by atoms with Crippen molar-refractivity contribution in [3.05, 3.63) is 58.1 Å². The van der Waals surface area contributed by atoms with Crippen molar-refractivity contribution in [1.29, 1.82) is 0 Å². The Morgan fingerprint density at radius 2 is 1.73 bits per heavy atom. The molecule has 0 spiro atoms. The average molecular weight is 509 g/mol. The van der Waals surface area contributed by atoms with Gasteiger partial charge >= 0.3 is 0 Å². The van der Waals surface area contributed by atoms with Crippen LogP contribution in [0.25, 0.3) is 0 Å². The number of carbonyl (C=O) groups is 2. The van der Waals surface area contributed by atoms with E-state index >= 15 is 0 Å². The molecular weight excluding hydrogens is 487 g/mol. The molecule has 33 heavy (non-hydrogen) atoms. The van der Waals surface area contributed by atoms with Crippen LogP contribution in [0.15, 0.2) is 52.5 Å². The SMILES string of the molecule is Cc1cccc(N2N=C(C(=O)N3CCN(S(=O)(=O)c4cc(Cl)ccc4Cl)CC3)CCC2=O)c1. The Kier molecular flexibility index (Phi) is 6.76. The summed E-state index contributed by atoms with van der Waals surface area (Å²) in [6, 6.07) is 11.6. The van der Waals surface area contributed by atoms with E-state index in [9.17, 15) is 18.0 Å². The van der Waals surface area contributed by atoms with Crippen LogP contribution in [0.3, 0.4) is 0 Å². The quantitative estimate of drug-likeness (QED) is 0.633. The molecule has 0 bridgehead atoms. The third-order valence-corrected chi connectivity index (χ3v) is 8.18. The molecule has 2 aliphatic rings. The first kappa shape index (κ1) is 23.7. The number of benzene rings is 2. The molecule has 174 valence electrons. The van der Waals surface area contributed by atoms with Crippen molar-refractivity contribution in [2.24, 2.45) is 5.10 Å². The Hall–Kier alpha value is -2.46. The highest BCUT2D eigenvalue weighted by molar-refractivity contribution is 7.89. The lowest BCUT2D eigenvalue weighted by Crippen LogP contribution is -2.52. The molecule has 2 aromatic carbocycles. The topological polar surface area (TPSA) is 90.4 Å². The number of hydrazone groups is 1. The summed E-state index contributed by atoms with van der Waals surface area (Å²) in [6.07, 6.45) is 0.427. The molecule has 2 aromatic rings. The Morgan fingerprint density at radius 3 is 2.42 bits per heavy atom. The minimum atomic E-state index is -3.85. The molecule has 0 atom stereocenters. The zero-order valence-electron chi connectivity index (χ0n) is 17.9. The normalized spacial score (nSPS) is 17.8. The number of aryl methyl sites for hydroxylation is 1. The van der Waals surface area contributed by atoms with Crippen LogP contribution in [0.5, 0.6) is 0 Å². The smallest absolute Gasteiger partial charge is 0.270 e. The summed E-state index contributed by atoms with van der Waals surface area (Å²) in [6.45, 7) is 2.55. The second kappa shape index (κ2) is 9.42. The number of anilines is 1. The Morgan fingerprint density at radius 1 is 1.00 bits per heavy atom. The second-order valence-corrected chi connectivity index (χ2v) is 10.6. The first-order valence-electron chi connectivity index (χ1n) is 10.4. The predicted octanol–water partition coefficient (Wildman–Crippen LogP) is 3.32. The number of carbonyl (C=O) groups excluding carboxylic acids is 2. The number of nitrogens with zero attached hydrogens (tertiary/aromatic N) is 4. The van der Waals surface area contributed by atoms with E-state index in [0.717, 1.165) is 5.56 Å². The van der Waals surface area contributed by atoms with Gasteiger partial charge in [-0.15, -0.1) is 0 Å². The molecule has 1 fully saturated rings. The summed E-state index contributed by atoms with van der Waals surface area (Å²) in [5.41, 5.74) is 1.87.